The van der Waals surface area contributed by atoms with Gasteiger partial charge in [-0.15, -0.1) is 0 Å². The number of methoxy groups -OCH3 is 1. The quantitative estimate of drug-likeness (QED) is 0.792. The zero-order valence-corrected chi connectivity index (χ0v) is 11.9. The average molecular weight is 301 g/mol. The van der Waals surface area contributed by atoms with Crippen molar-refractivity contribution in [3.63, 3.8) is 0 Å². The Morgan fingerprint density at radius 2 is 2.20 bits per heavy atom. The maximum Gasteiger partial charge on any atom is 0.309 e. The van der Waals surface area contributed by atoms with Gasteiger partial charge in [0.1, 0.15) is 5.82 Å². The summed E-state index contributed by atoms with van der Waals surface area (Å²) in [6, 6.07) is 4.87. The minimum absolute atomic E-state index is 0.0749. The lowest BCUT2D eigenvalue weighted by atomic mass is 10.0. The third-order valence-corrected chi connectivity index (χ3v) is 5.21. The minimum atomic E-state index is -3.77. The number of ether oxygens (including phenoxy) is 1. The molecule has 0 aliphatic carbocycles. The van der Waals surface area contributed by atoms with Crippen LogP contribution in [0.25, 0.3) is 0 Å². The van der Waals surface area contributed by atoms with Gasteiger partial charge in [0, 0.05) is 13.1 Å². The van der Waals surface area contributed by atoms with Gasteiger partial charge >= 0.3 is 5.97 Å². The van der Waals surface area contributed by atoms with Gasteiger partial charge in [0.15, 0.2) is 0 Å². The number of hydrogen-bond donors (Lipinski definition) is 0. The Kier molecular flexibility index (Phi) is 4.39. The molecule has 1 aliphatic heterocycles. The molecule has 0 amide bonds. The zero-order chi connectivity index (χ0) is 14.8. The monoisotopic (exact) mass is 301 g/mol. The van der Waals surface area contributed by atoms with Crippen LogP contribution in [-0.4, -0.2) is 38.9 Å². The summed E-state index contributed by atoms with van der Waals surface area (Å²) in [5.74, 6) is -1.48. The van der Waals surface area contributed by atoms with Gasteiger partial charge in [-0.1, -0.05) is 6.07 Å². The normalized spacial score (nSPS) is 20.6. The molecule has 0 aromatic heterocycles. The van der Waals surface area contributed by atoms with Crippen LogP contribution in [0.5, 0.6) is 0 Å². The maximum absolute atomic E-state index is 13.2. The summed E-state index contributed by atoms with van der Waals surface area (Å²) in [6.45, 7) is 0.401. The first-order valence-electron chi connectivity index (χ1n) is 6.28. The van der Waals surface area contributed by atoms with E-state index >= 15 is 0 Å². The van der Waals surface area contributed by atoms with E-state index in [0.717, 1.165) is 6.07 Å². The molecule has 0 saturated carbocycles. The standard InChI is InChI=1S/C13H16FNO4S/c1-19-13(16)10-4-3-7-15(9-10)20(17,18)12-6-2-5-11(14)8-12/h2,5-6,8,10H,3-4,7,9H2,1H3. The fourth-order valence-corrected chi connectivity index (χ4v) is 3.85. The molecule has 0 bridgehead atoms. The van der Waals surface area contributed by atoms with Gasteiger partial charge in [-0.3, -0.25) is 4.79 Å². The second-order valence-corrected chi connectivity index (χ2v) is 6.62. The van der Waals surface area contributed by atoms with E-state index in [2.05, 4.69) is 4.74 Å². The van der Waals surface area contributed by atoms with E-state index in [1.54, 1.807) is 0 Å². The van der Waals surface area contributed by atoms with E-state index < -0.39 is 27.7 Å². The van der Waals surface area contributed by atoms with Crippen molar-refractivity contribution in [2.24, 2.45) is 5.92 Å². The predicted octanol–water partition coefficient (Wildman–Crippen LogP) is 1.40. The first-order chi connectivity index (χ1) is 9.45. The van der Waals surface area contributed by atoms with Gasteiger partial charge < -0.3 is 4.74 Å². The minimum Gasteiger partial charge on any atom is -0.469 e. The van der Waals surface area contributed by atoms with Crippen molar-refractivity contribution in [1.29, 1.82) is 0 Å². The number of rotatable bonds is 3. The van der Waals surface area contributed by atoms with Crippen LogP contribution in [0.15, 0.2) is 29.2 Å². The average Bonchev–Trinajstić information content (AvgIpc) is 2.46. The molecule has 110 valence electrons. The predicted molar refractivity (Wildman–Crippen MR) is 69.9 cm³/mol. The highest BCUT2D eigenvalue weighted by molar-refractivity contribution is 7.89. The van der Waals surface area contributed by atoms with Gasteiger partial charge in [-0.25, -0.2) is 12.8 Å². The molecule has 0 N–H and O–H groups in total. The molecule has 1 heterocycles. The second-order valence-electron chi connectivity index (χ2n) is 4.68. The summed E-state index contributed by atoms with van der Waals surface area (Å²) < 4.78 is 43.8. The topological polar surface area (TPSA) is 63.7 Å². The second kappa shape index (κ2) is 5.88. The summed E-state index contributed by atoms with van der Waals surface area (Å²) in [6.07, 6.45) is 1.18. The largest absolute Gasteiger partial charge is 0.469 e. The van der Waals surface area contributed by atoms with Crippen LogP contribution in [0.1, 0.15) is 12.8 Å². The highest BCUT2D eigenvalue weighted by atomic mass is 32.2. The van der Waals surface area contributed by atoms with Crippen LogP contribution in [0.2, 0.25) is 0 Å². The third kappa shape index (κ3) is 2.99. The van der Waals surface area contributed by atoms with Crippen LogP contribution in [0, 0.1) is 11.7 Å². The van der Waals surface area contributed by atoms with E-state index in [-0.39, 0.29) is 11.4 Å². The van der Waals surface area contributed by atoms with E-state index in [9.17, 15) is 17.6 Å². The van der Waals surface area contributed by atoms with Crippen LogP contribution in [0.3, 0.4) is 0 Å². The fourth-order valence-electron chi connectivity index (χ4n) is 2.30. The molecular formula is C13H16FNO4S. The van der Waals surface area contributed by atoms with Crippen LogP contribution in [0.4, 0.5) is 4.39 Å². The van der Waals surface area contributed by atoms with Crippen LogP contribution >= 0.6 is 0 Å². The Hall–Kier alpha value is -1.47. The lowest BCUT2D eigenvalue weighted by Crippen LogP contribution is -2.42. The van der Waals surface area contributed by atoms with Crippen molar-refractivity contribution in [3.05, 3.63) is 30.1 Å². The van der Waals surface area contributed by atoms with Crippen molar-refractivity contribution < 1.29 is 22.3 Å². The molecule has 1 atom stereocenters. The number of nitrogens with zero attached hydrogens (tertiary/aromatic N) is 1. The zero-order valence-electron chi connectivity index (χ0n) is 11.1. The maximum atomic E-state index is 13.2. The SMILES string of the molecule is COC(=O)C1CCCN(S(=O)(=O)c2cccc(F)c2)C1. The molecular weight excluding hydrogens is 285 g/mol. The Morgan fingerprint density at radius 1 is 1.45 bits per heavy atom. The number of carbonyl (C=O) groups is 1. The third-order valence-electron chi connectivity index (χ3n) is 3.35. The number of piperidine rings is 1. The van der Waals surface area contributed by atoms with E-state index in [1.807, 2.05) is 0 Å². The van der Waals surface area contributed by atoms with Crippen molar-refractivity contribution in [3.8, 4) is 0 Å². The Morgan fingerprint density at radius 3 is 2.85 bits per heavy atom. The number of hydrogen-bond acceptors (Lipinski definition) is 4. The van der Waals surface area contributed by atoms with E-state index in [0.29, 0.717) is 19.4 Å². The first kappa shape index (κ1) is 14.9. The molecule has 1 aromatic rings. The Balaban J connectivity index is 2.23. The van der Waals surface area contributed by atoms with Crippen molar-refractivity contribution in [2.75, 3.05) is 20.2 Å². The summed E-state index contributed by atoms with van der Waals surface area (Å²) >= 11 is 0. The molecule has 1 aliphatic rings. The summed E-state index contributed by atoms with van der Waals surface area (Å²) in [4.78, 5) is 11.4. The number of esters is 1. The Labute approximate surface area is 117 Å². The number of carbonyl (C=O) groups excluding carboxylic acids is 1. The number of benzene rings is 1. The Bertz CT molecular complexity index is 602. The van der Waals surface area contributed by atoms with Crippen molar-refractivity contribution in [2.45, 2.75) is 17.7 Å². The summed E-state index contributed by atoms with van der Waals surface area (Å²) in [7, 11) is -2.49. The highest BCUT2D eigenvalue weighted by Crippen LogP contribution is 2.24. The fraction of sp³-hybridized carbons (Fsp3) is 0.462. The van der Waals surface area contributed by atoms with Gasteiger partial charge in [0.05, 0.1) is 17.9 Å². The molecule has 7 heteroatoms. The molecule has 1 saturated heterocycles. The molecule has 0 radical (unpaired) electrons. The molecule has 0 spiro atoms. The molecule has 1 aromatic carbocycles. The van der Waals surface area contributed by atoms with Crippen LogP contribution < -0.4 is 0 Å². The van der Waals surface area contributed by atoms with E-state index in [1.165, 1.54) is 29.6 Å². The smallest absolute Gasteiger partial charge is 0.309 e. The molecule has 5 nitrogen and oxygen atoms in total. The molecule has 20 heavy (non-hydrogen) atoms. The molecule has 1 unspecified atom stereocenters. The van der Waals surface area contributed by atoms with Gasteiger partial charge in [0.25, 0.3) is 0 Å². The van der Waals surface area contributed by atoms with E-state index in [4.69, 9.17) is 0 Å². The molecule has 1 fully saturated rings. The van der Waals surface area contributed by atoms with Gasteiger partial charge in [-0.05, 0) is 31.0 Å². The van der Waals surface area contributed by atoms with Crippen LogP contribution in [-0.2, 0) is 19.6 Å². The lowest BCUT2D eigenvalue weighted by molar-refractivity contribution is -0.146. The number of halogens is 1. The summed E-state index contributed by atoms with van der Waals surface area (Å²) in [5, 5.41) is 0. The highest BCUT2D eigenvalue weighted by Gasteiger charge is 2.33. The van der Waals surface area contributed by atoms with Crippen molar-refractivity contribution >= 4 is 16.0 Å². The first-order valence-corrected chi connectivity index (χ1v) is 7.72. The summed E-state index contributed by atoms with van der Waals surface area (Å²) in [5.41, 5.74) is 0. The lowest BCUT2D eigenvalue weighted by Gasteiger charge is -2.30. The number of sulfonamides is 1. The molecule has 2 rings (SSSR count). The van der Waals surface area contributed by atoms with Crippen molar-refractivity contribution in [1.82, 2.24) is 4.31 Å². The van der Waals surface area contributed by atoms with Gasteiger partial charge in [0.2, 0.25) is 10.0 Å². The van der Waals surface area contributed by atoms with Gasteiger partial charge in [-0.2, -0.15) is 4.31 Å².